The van der Waals surface area contributed by atoms with Crippen molar-refractivity contribution in [1.82, 2.24) is 9.80 Å². The van der Waals surface area contributed by atoms with E-state index in [1.807, 2.05) is 0 Å². The zero-order chi connectivity index (χ0) is 11.8. The molecule has 1 aromatic rings. The van der Waals surface area contributed by atoms with Crippen LogP contribution < -0.4 is 5.73 Å². The summed E-state index contributed by atoms with van der Waals surface area (Å²) in [6.45, 7) is 4.16. The summed E-state index contributed by atoms with van der Waals surface area (Å²) in [6, 6.07) is 10.3. The maximum Gasteiger partial charge on any atom is 0.0239 e. The van der Waals surface area contributed by atoms with Gasteiger partial charge in [0.15, 0.2) is 0 Å². The molecule has 3 nitrogen and oxygen atoms in total. The molecule has 3 fully saturated rings. The lowest BCUT2D eigenvalue weighted by Crippen LogP contribution is -2.66. The number of fused-ring (bicyclic) bond motifs is 2. The first kappa shape index (κ1) is 11.2. The molecular formula is C14H21N3. The zero-order valence-corrected chi connectivity index (χ0v) is 10.5. The fourth-order valence-electron chi connectivity index (χ4n) is 3.13. The molecule has 2 bridgehead atoms. The Labute approximate surface area is 103 Å². The molecule has 0 radical (unpaired) electrons. The van der Waals surface area contributed by atoms with E-state index in [4.69, 9.17) is 5.73 Å². The molecule has 2 unspecified atom stereocenters. The molecule has 0 amide bonds. The predicted molar refractivity (Wildman–Crippen MR) is 69.6 cm³/mol. The predicted octanol–water partition coefficient (Wildman–Crippen LogP) is 1.03. The fraction of sp³-hybridized carbons (Fsp3) is 0.571. The summed E-state index contributed by atoms with van der Waals surface area (Å²) in [5.74, 6) is 0. The van der Waals surface area contributed by atoms with Gasteiger partial charge in [-0.3, -0.25) is 9.80 Å². The third-order valence-corrected chi connectivity index (χ3v) is 4.27. The number of rotatable bonds is 3. The minimum absolute atomic E-state index is 0.641. The summed E-state index contributed by atoms with van der Waals surface area (Å²) >= 11 is 0. The van der Waals surface area contributed by atoms with Crippen molar-refractivity contribution in [1.29, 1.82) is 0 Å². The topological polar surface area (TPSA) is 32.5 Å². The Hall–Kier alpha value is -0.900. The summed E-state index contributed by atoms with van der Waals surface area (Å²) in [5.41, 5.74) is 8.32. The molecule has 2 atom stereocenters. The summed E-state index contributed by atoms with van der Waals surface area (Å²) in [5, 5.41) is 0. The molecule has 17 heavy (non-hydrogen) atoms. The van der Waals surface area contributed by atoms with E-state index in [9.17, 15) is 0 Å². The highest BCUT2D eigenvalue weighted by atomic mass is 15.3. The molecule has 1 aromatic carbocycles. The second-order valence-corrected chi connectivity index (χ2v) is 5.43. The van der Waals surface area contributed by atoms with Crippen LogP contribution in [0.5, 0.6) is 0 Å². The van der Waals surface area contributed by atoms with Gasteiger partial charge in [-0.2, -0.15) is 0 Å². The molecule has 3 heteroatoms. The monoisotopic (exact) mass is 231 g/mol. The van der Waals surface area contributed by atoms with Gasteiger partial charge < -0.3 is 5.73 Å². The van der Waals surface area contributed by atoms with Gasteiger partial charge in [0.1, 0.15) is 0 Å². The van der Waals surface area contributed by atoms with E-state index in [0.29, 0.717) is 6.54 Å². The van der Waals surface area contributed by atoms with Crippen molar-refractivity contribution >= 4 is 0 Å². The highest BCUT2D eigenvalue weighted by Crippen LogP contribution is 2.30. The molecule has 0 aromatic heterocycles. The lowest BCUT2D eigenvalue weighted by Gasteiger charge is -2.55. The van der Waals surface area contributed by atoms with Crippen LogP contribution in [0.4, 0.5) is 0 Å². The van der Waals surface area contributed by atoms with Crippen LogP contribution >= 0.6 is 0 Å². The van der Waals surface area contributed by atoms with E-state index in [-0.39, 0.29) is 0 Å². The molecule has 0 aliphatic carbocycles. The van der Waals surface area contributed by atoms with Crippen LogP contribution in [0.15, 0.2) is 24.3 Å². The molecule has 4 rings (SSSR count). The number of hydrogen-bond acceptors (Lipinski definition) is 3. The van der Waals surface area contributed by atoms with Gasteiger partial charge in [-0.25, -0.2) is 0 Å². The molecule has 92 valence electrons. The van der Waals surface area contributed by atoms with E-state index >= 15 is 0 Å². The normalized spacial score (nSPS) is 29.1. The second kappa shape index (κ2) is 4.41. The fourth-order valence-corrected chi connectivity index (χ4v) is 3.13. The molecular weight excluding hydrogens is 210 g/mol. The van der Waals surface area contributed by atoms with Crippen molar-refractivity contribution in [2.24, 2.45) is 5.73 Å². The second-order valence-electron chi connectivity index (χ2n) is 5.43. The number of likely N-dealkylation sites (N-methyl/N-ethyl adjacent to an activating group) is 1. The number of hydrogen-bond donors (Lipinski definition) is 1. The highest BCUT2D eigenvalue weighted by Gasteiger charge is 2.41. The lowest BCUT2D eigenvalue weighted by molar-refractivity contribution is -0.0532. The Morgan fingerprint density at radius 2 is 1.94 bits per heavy atom. The van der Waals surface area contributed by atoms with Crippen molar-refractivity contribution in [2.45, 2.75) is 31.6 Å². The third-order valence-electron chi connectivity index (χ3n) is 4.27. The van der Waals surface area contributed by atoms with E-state index in [0.717, 1.165) is 18.6 Å². The minimum atomic E-state index is 0.641. The summed E-state index contributed by atoms with van der Waals surface area (Å²) in [4.78, 5) is 5.10. The van der Waals surface area contributed by atoms with E-state index in [1.165, 1.54) is 30.6 Å². The minimum Gasteiger partial charge on any atom is -0.326 e. The third kappa shape index (κ3) is 2.10. The van der Waals surface area contributed by atoms with Gasteiger partial charge in [0.2, 0.25) is 0 Å². The van der Waals surface area contributed by atoms with Gasteiger partial charge >= 0.3 is 0 Å². The molecule has 2 N–H and O–H groups in total. The Morgan fingerprint density at radius 1 is 1.24 bits per heavy atom. The highest BCUT2D eigenvalue weighted by molar-refractivity contribution is 5.23. The van der Waals surface area contributed by atoms with Gasteiger partial charge in [-0.1, -0.05) is 24.3 Å². The Bertz CT molecular complexity index is 392. The van der Waals surface area contributed by atoms with Gasteiger partial charge in [-0.15, -0.1) is 0 Å². The van der Waals surface area contributed by atoms with Crippen LogP contribution in [0, 0.1) is 0 Å². The first-order valence-corrected chi connectivity index (χ1v) is 6.48. The zero-order valence-electron chi connectivity index (χ0n) is 10.5. The van der Waals surface area contributed by atoms with Crippen LogP contribution in [-0.2, 0) is 13.1 Å². The largest absolute Gasteiger partial charge is 0.326 e. The van der Waals surface area contributed by atoms with Gasteiger partial charge in [-0.05, 0) is 24.6 Å². The Balaban J connectivity index is 1.63. The van der Waals surface area contributed by atoms with Crippen LogP contribution in [0.2, 0.25) is 0 Å². The van der Waals surface area contributed by atoms with Crippen LogP contribution in [-0.4, -0.2) is 42.0 Å². The summed E-state index contributed by atoms with van der Waals surface area (Å²) in [7, 11) is 2.26. The quantitative estimate of drug-likeness (QED) is 0.843. The maximum absolute atomic E-state index is 5.68. The average molecular weight is 231 g/mol. The molecule has 3 saturated heterocycles. The van der Waals surface area contributed by atoms with E-state index in [2.05, 4.69) is 41.1 Å². The van der Waals surface area contributed by atoms with E-state index < -0.39 is 0 Å². The molecule has 3 aliphatic rings. The smallest absolute Gasteiger partial charge is 0.0239 e. The first-order valence-electron chi connectivity index (χ1n) is 6.48. The Kier molecular flexibility index (Phi) is 2.90. The lowest BCUT2D eigenvalue weighted by atomic mass is 9.88. The number of nitrogens with two attached hydrogens (primary N) is 1. The summed E-state index contributed by atoms with van der Waals surface area (Å²) < 4.78 is 0. The molecule has 0 spiro atoms. The van der Waals surface area contributed by atoms with Crippen molar-refractivity contribution in [3.05, 3.63) is 35.4 Å². The van der Waals surface area contributed by atoms with Crippen LogP contribution in [0.3, 0.4) is 0 Å². The maximum atomic E-state index is 5.68. The van der Waals surface area contributed by atoms with Gasteiger partial charge in [0, 0.05) is 38.3 Å². The number of nitrogens with zero attached hydrogens (tertiary/aromatic N) is 2. The van der Waals surface area contributed by atoms with Crippen molar-refractivity contribution < 1.29 is 0 Å². The van der Waals surface area contributed by atoms with Crippen molar-refractivity contribution in [3.63, 3.8) is 0 Å². The molecule has 0 saturated carbocycles. The number of piperidine rings is 1. The van der Waals surface area contributed by atoms with Gasteiger partial charge in [0.05, 0.1) is 0 Å². The van der Waals surface area contributed by atoms with Crippen molar-refractivity contribution in [2.75, 3.05) is 20.1 Å². The number of benzene rings is 1. The molecule has 3 aliphatic heterocycles. The standard InChI is InChI=1S/C14H21N3/c1-16-13-6-14(16)10-17(9-13)8-12-4-2-3-11(5-12)7-15/h2-5,13-14H,6-10,15H2,1H3. The van der Waals surface area contributed by atoms with E-state index in [1.54, 1.807) is 0 Å². The first-order chi connectivity index (χ1) is 8.26. The summed E-state index contributed by atoms with van der Waals surface area (Å²) in [6.07, 6.45) is 1.40. The number of piperazine rings is 1. The van der Waals surface area contributed by atoms with Crippen LogP contribution in [0.1, 0.15) is 17.5 Å². The van der Waals surface area contributed by atoms with Crippen molar-refractivity contribution in [3.8, 4) is 0 Å². The average Bonchev–Trinajstić information content (AvgIpc) is 2.38. The van der Waals surface area contributed by atoms with Crippen LogP contribution in [0.25, 0.3) is 0 Å². The molecule has 3 heterocycles. The Morgan fingerprint density at radius 3 is 2.59 bits per heavy atom. The van der Waals surface area contributed by atoms with Gasteiger partial charge in [0.25, 0.3) is 0 Å². The SMILES string of the molecule is CN1C2CC1CN(Cc1cccc(CN)c1)C2.